The Morgan fingerprint density at radius 1 is 1.02 bits per heavy atom. The number of benzene rings is 1. The van der Waals surface area contributed by atoms with Gasteiger partial charge in [0.25, 0.3) is 0 Å². The second-order valence-electron chi connectivity index (χ2n) is 11.5. The SMILES string of the molecule is CC(C)C(=O)NC(C)c1cccc(CC(=O)N/C(N)=C/C=C(\N)CCCCc2nnc(NC(=O)CC3C=CC=CC3C)s2)c1. The van der Waals surface area contributed by atoms with Gasteiger partial charge >= 0.3 is 0 Å². The van der Waals surface area contributed by atoms with Crippen LogP contribution in [-0.4, -0.2) is 27.9 Å². The minimum Gasteiger partial charge on any atom is -0.402 e. The van der Waals surface area contributed by atoms with Crippen LogP contribution in [-0.2, 0) is 27.2 Å². The van der Waals surface area contributed by atoms with Crippen LogP contribution in [0.15, 0.2) is 72.2 Å². The Bertz CT molecular complexity index is 1410. The van der Waals surface area contributed by atoms with Crippen molar-refractivity contribution in [2.75, 3.05) is 5.32 Å². The summed E-state index contributed by atoms with van der Waals surface area (Å²) in [6.07, 6.45) is 15.1. The lowest BCUT2D eigenvalue weighted by atomic mass is 9.87. The Labute approximate surface area is 264 Å². The standard InChI is InChI=1S/C33H45N7O3S/c1-21(2)32(43)36-23(4)26-13-9-11-24(18-26)19-29(41)37-28(35)17-16-27(34)14-7-8-15-31-39-40-33(44-31)38-30(42)20-25-12-6-5-10-22(25)3/h5-6,9-13,16-18,21-23,25H,7-8,14-15,19-20,34-35H2,1-4H3,(H,36,43)(H,37,41)(H,38,40,42)/b27-16-,28-17+. The van der Waals surface area contributed by atoms with Crippen molar-refractivity contribution in [3.05, 3.63) is 88.4 Å². The maximum atomic E-state index is 12.5. The molecule has 1 aromatic heterocycles. The lowest BCUT2D eigenvalue weighted by Gasteiger charge is -2.19. The Hall–Kier alpha value is -4.25. The summed E-state index contributed by atoms with van der Waals surface area (Å²) in [4.78, 5) is 36.9. The van der Waals surface area contributed by atoms with E-state index in [0.29, 0.717) is 29.6 Å². The van der Waals surface area contributed by atoms with Gasteiger partial charge in [-0.2, -0.15) is 0 Å². The van der Waals surface area contributed by atoms with Crippen LogP contribution in [0.2, 0.25) is 0 Å². The summed E-state index contributed by atoms with van der Waals surface area (Å²) in [5.74, 6) is 0.312. The number of rotatable bonds is 15. The van der Waals surface area contributed by atoms with E-state index in [9.17, 15) is 14.4 Å². The molecule has 0 fully saturated rings. The minimum absolute atomic E-state index is 0.0189. The van der Waals surface area contributed by atoms with E-state index < -0.39 is 0 Å². The fourth-order valence-corrected chi connectivity index (χ4v) is 5.36. The molecular formula is C33H45N7O3S. The first-order chi connectivity index (χ1) is 21.0. The number of allylic oxidation sites excluding steroid dienone is 7. The summed E-state index contributed by atoms with van der Waals surface area (Å²) in [7, 11) is 0. The quantitative estimate of drug-likeness (QED) is 0.141. The number of hydrogen-bond acceptors (Lipinski definition) is 8. The molecule has 0 bridgehead atoms. The largest absolute Gasteiger partial charge is 0.402 e. The molecule has 7 N–H and O–H groups in total. The molecule has 0 radical (unpaired) electrons. The number of aromatic nitrogens is 2. The first kappa shape index (κ1) is 34.2. The summed E-state index contributed by atoms with van der Waals surface area (Å²) in [6, 6.07) is 7.41. The maximum Gasteiger partial charge on any atom is 0.229 e. The van der Waals surface area contributed by atoms with E-state index >= 15 is 0 Å². The van der Waals surface area contributed by atoms with Crippen molar-refractivity contribution in [3.8, 4) is 0 Å². The van der Waals surface area contributed by atoms with Crippen molar-refractivity contribution in [2.45, 2.75) is 72.3 Å². The van der Waals surface area contributed by atoms with Crippen molar-refractivity contribution >= 4 is 34.2 Å². The monoisotopic (exact) mass is 619 g/mol. The minimum atomic E-state index is -0.244. The van der Waals surface area contributed by atoms with Gasteiger partial charge in [0.15, 0.2) is 0 Å². The summed E-state index contributed by atoms with van der Waals surface area (Å²) < 4.78 is 0. The van der Waals surface area contributed by atoms with Gasteiger partial charge < -0.3 is 27.4 Å². The average molecular weight is 620 g/mol. The lowest BCUT2D eigenvalue weighted by Crippen LogP contribution is -2.30. The molecule has 0 saturated carbocycles. The molecule has 0 spiro atoms. The topological polar surface area (TPSA) is 165 Å². The number of aryl methyl sites for hydroxylation is 1. The lowest BCUT2D eigenvalue weighted by molar-refractivity contribution is -0.124. The van der Waals surface area contributed by atoms with Crippen LogP contribution < -0.4 is 27.4 Å². The van der Waals surface area contributed by atoms with E-state index in [4.69, 9.17) is 11.5 Å². The number of carbonyl (C=O) groups is 3. The van der Waals surface area contributed by atoms with Gasteiger partial charge in [0.05, 0.1) is 12.5 Å². The Morgan fingerprint density at radius 3 is 2.55 bits per heavy atom. The Balaban J connectivity index is 1.36. The number of unbranched alkanes of at least 4 members (excludes halogenated alkanes) is 1. The molecule has 44 heavy (non-hydrogen) atoms. The highest BCUT2D eigenvalue weighted by Crippen LogP contribution is 2.24. The van der Waals surface area contributed by atoms with E-state index in [1.54, 1.807) is 12.2 Å². The molecule has 1 heterocycles. The van der Waals surface area contributed by atoms with Crippen molar-refractivity contribution in [1.29, 1.82) is 0 Å². The normalized spacial score (nSPS) is 17.4. The van der Waals surface area contributed by atoms with Crippen molar-refractivity contribution < 1.29 is 14.4 Å². The summed E-state index contributed by atoms with van der Waals surface area (Å²) in [6.45, 7) is 7.72. The van der Waals surface area contributed by atoms with Gasteiger partial charge in [-0.3, -0.25) is 14.4 Å². The average Bonchev–Trinajstić information content (AvgIpc) is 3.42. The molecule has 3 rings (SSSR count). The number of nitrogens with zero attached hydrogens (tertiary/aromatic N) is 2. The first-order valence-electron chi connectivity index (χ1n) is 15.1. The predicted molar refractivity (Wildman–Crippen MR) is 176 cm³/mol. The van der Waals surface area contributed by atoms with E-state index in [1.165, 1.54) is 11.3 Å². The molecule has 3 unspecified atom stereocenters. The summed E-state index contributed by atoms with van der Waals surface area (Å²) >= 11 is 1.39. The molecule has 3 atom stereocenters. The summed E-state index contributed by atoms with van der Waals surface area (Å²) in [5.41, 5.74) is 14.5. The van der Waals surface area contributed by atoms with Gasteiger partial charge in [-0.15, -0.1) is 10.2 Å². The summed E-state index contributed by atoms with van der Waals surface area (Å²) in [5, 5.41) is 18.2. The number of hydrogen-bond donors (Lipinski definition) is 5. The van der Waals surface area contributed by atoms with Crippen LogP contribution in [0.3, 0.4) is 0 Å². The van der Waals surface area contributed by atoms with Gasteiger partial charge in [0.2, 0.25) is 22.9 Å². The van der Waals surface area contributed by atoms with Gasteiger partial charge in [0, 0.05) is 24.5 Å². The number of nitrogens with two attached hydrogens (primary N) is 2. The molecule has 0 aliphatic heterocycles. The first-order valence-corrected chi connectivity index (χ1v) is 15.9. The van der Waals surface area contributed by atoms with Crippen molar-refractivity contribution in [1.82, 2.24) is 20.8 Å². The highest BCUT2D eigenvalue weighted by molar-refractivity contribution is 7.15. The van der Waals surface area contributed by atoms with E-state index in [2.05, 4.69) is 45.2 Å². The van der Waals surface area contributed by atoms with Crippen LogP contribution in [0.5, 0.6) is 0 Å². The number of nitrogens with one attached hydrogen (secondary N) is 3. The fraction of sp³-hybridized carbons (Fsp3) is 0.424. The van der Waals surface area contributed by atoms with Crippen molar-refractivity contribution in [2.24, 2.45) is 29.2 Å². The third-order valence-electron chi connectivity index (χ3n) is 7.26. The molecular weight excluding hydrogens is 574 g/mol. The van der Waals surface area contributed by atoms with Crippen molar-refractivity contribution in [3.63, 3.8) is 0 Å². The van der Waals surface area contributed by atoms with E-state index in [0.717, 1.165) is 35.4 Å². The third-order valence-corrected chi connectivity index (χ3v) is 8.16. The van der Waals surface area contributed by atoms with E-state index in [1.807, 2.05) is 57.2 Å². The predicted octanol–water partition coefficient (Wildman–Crippen LogP) is 4.79. The zero-order valence-electron chi connectivity index (χ0n) is 26.0. The Morgan fingerprint density at radius 2 is 1.80 bits per heavy atom. The van der Waals surface area contributed by atoms with Crippen LogP contribution in [0.4, 0.5) is 5.13 Å². The second kappa shape index (κ2) is 17.1. The van der Waals surface area contributed by atoms with Gasteiger partial charge in [-0.05, 0) is 61.3 Å². The van der Waals surface area contributed by atoms with Crippen LogP contribution in [0.25, 0.3) is 0 Å². The number of amides is 3. The number of carbonyl (C=O) groups excluding carboxylic acids is 3. The van der Waals surface area contributed by atoms with E-state index in [-0.39, 0.29) is 47.8 Å². The van der Waals surface area contributed by atoms with Gasteiger partial charge in [0.1, 0.15) is 10.8 Å². The molecule has 1 aromatic carbocycles. The number of anilines is 1. The zero-order valence-corrected chi connectivity index (χ0v) is 26.8. The molecule has 3 amide bonds. The second-order valence-corrected chi connectivity index (χ2v) is 12.5. The zero-order chi connectivity index (χ0) is 32.1. The molecule has 11 heteroatoms. The van der Waals surface area contributed by atoms with Crippen LogP contribution >= 0.6 is 11.3 Å². The molecule has 0 saturated heterocycles. The molecule has 236 valence electrons. The van der Waals surface area contributed by atoms with Crippen LogP contribution in [0, 0.1) is 17.8 Å². The third kappa shape index (κ3) is 11.8. The fourth-order valence-electron chi connectivity index (χ4n) is 4.56. The molecule has 2 aromatic rings. The smallest absolute Gasteiger partial charge is 0.229 e. The maximum absolute atomic E-state index is 12.5. The molecule has 1 aliphatic carbocycles. The highest BCUT2D eigenvalue weighted by Gasteiger charge is 2.19. The van der Waals surface area contributed by atoms with Crippen LogP contribution in [0.1, 0.15) is 75.6 Å². The van der Waals surface area contributed by atoms with Gasteiger partial charge in [-0.25, -0.2) is 0 Å². The highest BCUT2D eigenvalue weighted by atomic mass is 32.1. The van der Waals surface area contributed by atoms with Gasteiger partial charge in [-0.1, -0.05) is 80.7 Å². The molecule has 1 aliphatic rings. The molecule has 10 nitrogen and oxygen atoms in total. The Kier molecular flexibility index (Phi) is 13.3.